The molecule has 1 aliphatic rings. The molecule has 2 amide bonds. The fourth-order valence-electron chi connectivity index (χ4n) is 3.51. The summed E-state index contributed by atoms with van der Waals surface area (Å²) in [5, 5.41) is 13.8. The second-order valence-corrected chi connectivity index (χ2v) is 8.39. The molecule has 13 heteroatoms. The van der Waals surface area contributed by atoms with Crippen molar-refractivity contribution in [3.8, 4) is 17.3 Å². The highest BCUT2D eigenvalue weighted by Gasteiger charge is 2.26. The monoisotopic (exact) mass is 495 g/mol. The molecule has 2 aromatic rings. The van der Waals surface area contributed by atoms with Gasteiger partial charge in [0.15, 0.2) is 11.0 Å². The maximum absolute atomic E-state index is 12.8. The van der Waals surface area contributed by atoms with Crippen molar-refractivity contribution in [2.75, 3.05) is 58.9 Å². The van der Waals surface area contributed by atoms with Crippen molar-refractivity contribution in [2.45, 2.75) is 39.0 Å². The van der Waals surface area contributed by atoms with Gasteiger partial charge in [-0.25, -0.2) is 4.79 Å². The predicted octanol–water partition coefficient (Wildman–Crippen LogP) is 1.60. The summed E-state index contributed by atoms with van der Waals surface area (Å²) in [5.41, 5.74) is 0.751. The average Bonchev–Trinajstić information content (AvgIpc) is 3.44. The zero-order chi connectivity index (χ0) is 24.5. The Kier molecular flexibility index (Phi) is 9.57. The number of hydrogen-bond donors (Lipinski definition) is 0. The van der Waals surface area contributed by atoms with Crippen molar-refractivity contribution in [2.24, 2.45) is 0 Å². The Balaban J connectivity index is 1.68. The Labute approximate surface area is 203 Å². The number of amides is 2. The lowest BCUT2D eigenvalue weighted by Crippen LogP contribution is -2.51. The molecule has 34 heavy (non-hydrogen) atoms. The number of methoxy groups -OCH3 is 1. The lowest BCUT2D eigenvalue weighted by Gasteiger charge is -2.34. The van der Waals surface area contributed by atoms with Gasteiger partial charge < -0.3 is 24.0 Å². The SMILES string of the molecule is CCOC(=O)N1CCN(C(=O)CSc2nnc(-c3cn(CC)nc3OCC)n2CCOC)CC1. The van der Waals surface area contributed by atoms with Crippen LogP contribution in [-0.4, -0.2) is 105 Å². The molecule has 0 spiro atoms. The molecule has 0 aromatic carbocycles. The minimum atomic E-state index is -0.333. The molecule has 0 aliphatic carbocycles. The van der Waals surface area contributed by atoms with E-state index in [4.69, 9.17) is 14.2 Å². The van der Waals surface area contributed by atoms with Crippen LogP contribution in [0.15, 0.2) is 11.4 Å². The molecule has 3 rings (SSSR count). The highest BCUT2D eigenvalue weighted by atomic mass is 32.2. The molecule has 0 saturated carbocycles. The van der Waals surface area contributed by atoms with Crippen LogP contribution in [0.3, 0.4) is 0 Å². The Morgan fingerprint density at radius 2 is 1.79 bits per heavy atom. The predicted molar refractivity (Wildman–Crippen MR) is 126 cm³/mol. The van der Waals surface area contributed by atoms with E-state index in [9.17, 15) is 9.59 Å². The van der Waals surface area contributed by atoms with E-state index in [-0.39, 0.29) is 17.8 Å². The van der Waals surface area contributed by atoms with Crippen LogP contribution in [0.2, 0.25) is 0 Å². The largest absolute Gasteiger partial charge is 0.476 e. The second kappa shape index (κ2) is 12.6. The smallest absolute Gasteiger partial charge is 0.409 e. The fraction of sp³-hybridized carbons (Fsp3) is 0.667. The van der Waals surface area contributed by atoms with Crippen molar-refractivity contribution in [1.82, 2.24) is 34.3 Å². The summed E-state index contributed by atoms with van der Waals surface area (Å²) in [5.74, 6) is 1.34. The molecular formula is C21H33N7O5S. The molecule has 2 aromatic heterocycles. The molecule has 12 nitrogen and oxygen atoms in total. The molecule has 1 saturated heterocycles. The highest BCUT2D eigenvalue weighted by Crippen LogP contribution is 2.30. The summed E-state index contributed by atoms with van der Waals surface area (Å²) in [6, 6.07) is 0. The highest BCUT2D eigenvalue weighted by molar-refractivity contribution is 7.99. The minimum Gasteiger partial charge on any atom is -0.476 e. The molecule has 3 heterocycles. The van der Waals surface area contributed by atoms with Gasteiger partial charge in [-0.05, 0) is 20.8 Å². The van der Waals surface area contributed by atoms with Crippen molar-refractivity contribution in [3.63, 3.8) is 0 Å². The third-order valence-electron chi connectivity index (χ3n) is 5.29. The van der Waals surface area contributed by atoms with Gasteiger partial charge in [0.25, 0.3) is 0 Å². The van der Waals surface area contributed by atoms with Gasteiger partial charge in [0, 0.05) is 46.0 Å². The number of aryl methyl sites for hydroxylation is 1. The lowest BCUT2D eigenvalue weighted by atomic mass is 10.3. The zero-order valence-corrected chi connectivity index (χ0v) is 21.0. The number of carbonyl (C=O) groups is 2. The first-order chi connectivity index (χ1) is 16.5. The number of hydrogen-bond acceptors (Lipinski definition) is 9. The topological polar surface area (TPSA) is 117 Å². The van der Waals surface area contributed by atoms with Crippen molar-refractivity contribution in [3.05, 3.63) is 6.20 Å². The van der Waals surface area contributed by atoms with Gasteiger partial charge in [0.1, 0.15) is 5.56 Å². The van der Waals surface area contributed by atoms with E-state index in [1.165, 1.54) is 11.8 Å². The Bertz CT molecular complexity index is 955. The van der Waals surface area contributed by atoms with E-state index in [1.54, 1.807) is 28.5 Å². The zero-order valence-electron chi connectivity index (χ0n) is 20.2. The van der Waals surface area contributed by atoms with E-state index in [1.807, 2.05) is 24.6 Å². The van der Waals surface area contributed by atoms with Gasteiger partial charge in [-0.2, -0.15) is 0 Å². The molecule has 188 valence electrons. The normalized spacial score (nSPS) is 13.9. The van der Waals surface area contributed by atoms with Gasteiger partial charge >= 0.3 is 6.09 Å². The summed E-state index contributed by atoms with van der Waals surface area (Å²) in [6.45, 7) is 10.1. The van der Waals surface area contributed by atoms with Crippen LogP contribution in [0.25, 0.3) is 11.4 Å². The third kappa shape index (κ3) is 6.20. The molecule has 1 fully saturated rings. The number of ether oxygens (including phenoxy) is 3. The van der Waals surface area contributed by atoms with Crippen LogP contribution in [0.5, 0.6) is 5.88 Å². The van der Waals surface area contributed by atoms with Crippen molar-refractivity contribution >= 4 is 23.8 Å². The molecular weight excluding hydrogens is 462 g/mol. The maximum atomic E-state index is 12.8. The van der Waals surface area contributed by atoms with E-state index in [0.29, 0.717) is 76.0 Å². The van der Waals surface area contributed by atoms with Crippen LogP contribution >= 0.6 is 11.8 Å². The number of carbonyl (C=O) groups excluding carboxylic acids is 2. The van der Waals surface area contributed by atoms with Gasteiger partial charge in [-0.1, -0.05) is 11.8 Å². The molecule has 1 aliphatic heterocycles. The van der Waals surface area contributed by atoms with E-state index >= 15 is 0 Å². The van der Waals surface area contributed by atoms with E-state index in [2.05, 4.69) is 15.3 Å². The number of rotatable bonds is 11. The van der Waals surface area contributed by atoms with Gasteiger partial charge in [-0.15, -0.1) is 15.3 Å². The first-order valence-corrected chi connectivity index (χ1v) is 12.5. The second-order valence-electron chi connectivity index (χ2n) is 7.44. The summed E-state index contributed by atoms with van der Waals surface area (Å²) >= 11 is 1.33. The average molecular weight is 496 g/mol. The summed E-state index contributed by atoms with van der Waals surface area (Å²) < 4.78 is 19.7. The van der Waals surface area contributed by atoms with Gasteiger partial charge in [-0.3, -0.25) is 14.0 Å². The van der Waals surface area contributed by atoms with Crippen LogP contribution in [0.1, 0.15) is 20.8 Å². The van der Waals surface area contributed by atoms with Gasteiger partial charge in [0.2, 0.25) is 11.8 Å². The molecule has 0 atom stereocenters. The molecule has 0 unspecified atom stereocenters. The number of piperazine rings is 1. The molecule has 0 N–H and O–H groups in total. The minimum absolute atomic E-state index is 0.00911. The lowest BCUT2D eigenvalue weighted by molar-refractivity contribution is -0.129. The number of aromatic nitrogens is 5. The number of nitrogens with zero attached hydrogens (tertiary/aromatic N) is 7. The van der Waals surface area contributed by atoms with Crippen LogP contribution < -0.4 is 4.74 Å². The fourth-order valence-corrected chi connectivity index (χ4v) is 4.38. The Hall–Kier alpha value is -2.80. The Morgan fingerprint density at radius 1 is 1.06 bits per heavy atom. The van der Waals surface area contributed by atoms with Crippen molar-refractivity contribution < 1.29 is 23.8 Å². The van der Waals surface area contributed by atoms with E-state index < -0.39 is 0 Å². The summed E-state index contributed by atoms with van der Waals surface area (Å²) in [6.07, 6.45) is 1.56. The van der Waals surface area contributed by atoms with Crippen LogP contribution in [0.4, 0.5) is 4.79 Å². The van der Waals surface area contributed by atoms with E-state index in [0.717, 1.165) is 5.56 Å². The summed E-state index contributed by atoms with van der Waals surface area (Å²) in [4.78, 5) is 28.1. The van der Waals surface area contributed by atoms with Gasteiger partial charge in [0.05, 0.1) is 32.1 Å². The third-order valence-corrected chi connectivity index (χ3v) is 6.24. The van der Waals surface area contributed by atoms with Crippen molar-refractivity contribution in [1.29, 1.82) is 0 Å². The summed E-state index contributed by atoms with van der Waals surface area (Å²) in [7, 11) is 1.64. The number of thioether (sulfide) groups is 1. The molecule has 0 bridgehead atoms. The first-order valence-electron chi connectivity index (χ1n) is 11.5. The quantitative estimate of drug-likeness (QED) is 0.428. The maximum Gasteiger partial charge on any atom is 0.409 e. The van der Waals surface area contributed by atoms with Crippen LogP contribution in [0, 0.1) is 0 Å². The first kappa shape index (κ1) is 25.8. The Morgan fingerprint density at radius 3 is 2.44 bits per heavy atom. The standard InChI is InChI=1S/C21H33N7O5S/c1-5-27-14-16(19(24-27)32-6-2)18-22-23-20(28(18)12-13-31-4)34-15-17(29)25-8-10-26(11-9-25)21(30)33-7-3/h14H,5-13,15H2,1-4H3. The molecule has 0 radical (unpaired) electrons. The van der Waals surface area contributed by atoms with Crippen LogP contribution in [-0.2, 0) is 27.4 Å².